The number of amides is 3. The summed E-state index contributed by atoms with van der Waals surface area (Å²) in [6.45, 7) is 22.2. The summed E-state index contributed by atoms with van der Waals surface area (Å²) < 4.78 is 26.0. The van der Waals surface area contributed by atoms with Gasteiger partial charge in [0.15, 0.2) is 11.5 Å². The Morgan fingerprint density at radius 3 is 2.35 bits per heavy atom. The molecule has 3 atom stereocenters. The zero-order chi connectivity index (χ0) is 46.2. The van der Waals surface area contributed by atoms with E-state index in [2.05, 4.69) is 62.5 Å². The van der Waals surface area contributed by atoms with E-state index in [4.69, 9.17) is 18.9 Å². The molecule has 0 aliphatic carbocycles. The minimum absolute atomic E-state index is 0.0176. The van der Waals surface area contributed by atoms with Gasteiger partial charge in [0.2, 0.25) is 11.8 Å². The Morgan fingerprint density at radius 1 is 0.952 bits per heavy atom. The van der Waals surface area contributed by atoms with Crippen molar-refractivity contribution in [2.45, 2.75) is 145 Å². The molecule has 0 unspecified atom stereocenters. The van der Waals surface area contributed by atoms with Crippen LogP contribution in [-0.4, -0.2) is 104 Å². The molecule has 16 heteroatoms. The van der Waals surface area contributed by atoms with Gasteiger partial charge in [0.05, 0.1) is 33.4 Å². The molecular weight excluding hydrogens is 805 g/mol. The van der Waals surface area contributed by atoms with Crippen molar-refractivity contribution < 1.29 is 38.1 Å². The fourth-order valence-electron chi connectivity index (χ4n) is 7.92. The number of carbonyl (C=O) groups excluding carboxylic acids is 4. The number of hydrogen-bond acceptors (Lipinski definition) is 11. The van der Waals surface area contributed by atoms with Crippen LogP contribution in [0.25, 0.3) is 10.9 Å². The molecular formula is C47H68N8O8. The number of nitrogens with zero attached hydrogens (tertiary/aromatic N) is 6. The van der Waals surface area contributed by atoms with Gasteiger partial charge in [0, 0.05) is 55.2 Å². The van der Waals surface area contributed by atoms with E-state index in [1.54, 1.807) is 63.7 Å². The first-order valence-electron chi connectivity index (χ1n) is 22.0. The number of rotatable bonds is 19. The number of alkyl carbamates (subject to hydrolysis) is 1. The van der Waals surface area contributed by atoms with Crippen molar-refractivity contribution in [3.8, 4) is 11.5 Å². The van der Waals surface area contributed by atoms with Crippen molar-refractivity contribution in [3.63, 3.8) is 0 Å². The van der Waals surface area contributed by atoms with E-state index in [0.717, 1.165) is 31.6 Å². The van der Waals surface area contributed by atoms with Gasteiger partial charge in [-0.2, -0.15) is 0 Å². The van der Waals surface area contributed by atoms with Gasteiger partial charge in [-0.25, -0.2) is 4.79 Å². The van der Waals surface area contributed by atoms with Crippen molar-refractivity contribution in [3.05, 3.63) is 70.7 Å². The van der Waals surface area contributed by atoms with Gasteiger partial charge in [-0.3, -0.25) is 24.0 Å². The minimum Gasteiger partial charge on any atom is -0.493 e. The summed E-state index contributed by atoms with van der Waals surface area (Å²) in [5, 5.41) is 15.5. The van der Waals surface area contributed by atoms with Gasteiger partial charge >= 0.3 is 12.1 Å². The molecule has 0 radical (unpaired) electrons. The van der Waals surface area contributed by atoms with Crippen LogP contribution in [0.2, 0.25) is 0 Å². The molecule has 3 heterocycles. The monoisotopic (exact) mass is 873 g/mol. The Labute approximate surface area is 371 Å². The molecule has 1 aliphatic rings. The van der Waals surface area contributed by atoms with Crippen LogP contribution in [0, 0.1) is 12.8 Å². The first-order valence-corrected chi connectivity index (χ1v) is 22.0. The maximum Gasteiger partial charge on any atom is 0.408 e. The molecule has 63 heavy (non-hydrogen) atoms. The molecule has 2 N–H and O–H groups in total. The van der Waals surface area contributed by atoms with Gasteiger partial charge in [0.1, 0.15) is 29.5 Å². The van der Waals surface area contributed by atoms with Crippen molar-refractivity contribution in [2.24, 2.45) is 5.92 Å². The van der Waals surface area contributed by atoms with Crippen molar-refractivity contribution in [2.75, 3.05) is 27.3 Å². The highest BCUT2D eigenvalue weighted by atomic mass is 16.6. The molecule has 4 aromatic rings. The molecule has 0 spiro atoms. The zero-order valence-corrected chi connectivity index (χ0v) is 39.3. The van der Waals surface area contributed by atoms with E-state index in [1.165, 1.54) is 41.3 Å². The number of ether oxygens (including phenoxy) is 4. The molecule has 0 saturated heterocycles. The third-order valence-corrected chi connectivity index (χ3v) is 11.7. The zero-order valence-electron chi connectivity index (χ0n) is 39.3. The van der Waals surface area contributed by atoms with Crippen LogP contribution in [0.1, 0.15) is 103 Å². The van der Waals surface area contributed by atoms with Crippen LogP contribution in [0.15, 0.2) is 42.6 Å². The van der Waals surface area contributed by atoms with E-state index in [9.17, 15) is 19.2 Å². The number of esters is 1. The first kappa shape index (κ1) is 48.4. The minimum atomic E-state index is -1.41. The Morgan fingerprint density at radius 2 is 1.68 bits per heavy atom. The summed E-state index contributed by atoms with van der Waals surface area (Å²) in [5.41, 5.74) is 3.96. The quantitative estimate of drug-likeness (QED) is 0.101. The van der Waals surface area contributed by atoms with Crippen molar-refractivity contribution >= 4 is 34.8 Å². The highest BCUT2D eigenvalue weighted by molar-refractivity contribution is 5.94. The molecule has 2 aromatic carbocycles. The number of nitrogens with one attached hydrogen (secondary N) is 2. The topological polar surface area (TPSA) is 171 Å². The lowest BCUT2D eigenvalue weighted by molar-refractivity contribution is -0.149. The van der Waals surface area contributed by atoms with Crippen LogP contribution in [0.3, 0.4) is 0 Å². The Balaban J connectivity index is 1.24. The van der Waals surface area contributed by atoms with Crippen LogP contribution < -0.4 is 20.1 Å². The standard InChI is InChI=1S/C47H68N8O8/c1-13-31(4)42(49-45(59)63-46(6,7)8)43(57)55(26-33-16-18-39(60-11)40(24-33)61-12)47(9,10)44(58)48-32(5)25-53-27-34(50-51-53)29-62-41(56)20-22-54-37-17-15-30(3)23-35(37)36-28-52(14-2)21-19-38(36)54/h15-18,23-24,27,31-32,42H,13-14,19-22,25-26,28-29H2,1-12H3,(H,48,58)(H,49,59)/t31-,32+,42-/m0/s1. The number of benzene rings is 2. The van der Waals surface area contributed by atoms with E-state index in [-0.39, 0.29) is 38.0 Å². The highest BCUT2D eigenvalue weighted by Gasteiger charge is 2.43. The summed E-state index contributed by atoms with van der Waals surface area (Å²) in [6, 6.07) is 10.4. The number of aryl methyl sites for hydroxylation is 2. The first-order chi connectivity index (χ1) is 29.8. The molecule has 0 fully saturated rings. The number of fused-ring (bicyclic) bond motifs is 3. The van der Waals surface area contributed by atoms with Gasteiger partial charge < -0.3 is 39.0 Å². The lowest BCUT2D eigenvalue weighted by atomic mass is 9.93. The highest BCUT2D eigenvalue weighted by Crippen LogP contribution is 2.33. The average Bonchev–Trinajstić information content (AvgIpc) is 3.82. The summed E-state index contributed by atoms with van der Waals surface area (Å²) in [7, 11) is 3.06. The molecule has 0 saturated carbocycles. The number of methoxy groups -OCH3 is 2. The molecule has 1 aliphatic heterocycles. The smallest absolute Gasteiger partial charge is 0.408 e. The maximum atomic E-state index is 14.7. The third-order valence-electron chi connectivity index (χ3n) is 11.7. The summed E-state index contributed by atoms with van der Waals surface area (Å²) in [4.78, 5) is 58.9. The van der Waals surface area contributed by atoms with Gasteiger partial charge in [-0.1, -0.05) is 50.1 Å². The van der Waals surface area contributed by atoms with Crippen LogP contribution in [-0.2, 0) is 63.1 Å². The van der Waals surface area contributed by atoms with Crippen LogP contribution in [0.5, 0.6) is 11.5 Å². The molecule has 16 nitrogen and oxygen atoms in total. The second-order valence-corrected chi connectivity index (χ2v) is 18.1. The van der Waals surface area contributed by atoms with Gasteiger partial charge in [0.25, 0.3) is 0 Å². The van der Waals surface area contributed by atoms with Crippen molar-refractivity contribution in [1.29, 1.82) is 0 Å². The number of aromatic nitrogens is 4. The van der Waals surface area contributed by atoms with Crippen LogP contribution >= 0.6 is 0 Å². The summed E-state index contributed by atoms with van der Waals surface area (Å²) in [5.74, 6) is -0.515. The molecule has 3 amide bonds. The summed E-state index contributed by atoms with van der Waals surface area (Å²) in [6.07, 6.45) is 2.68. The fourth-order valence-corrected chi connectivity index (χ4v) is 7.92. The second kappa shape index (κ2) is 20.7. The average molecular weight is 873 g/mol. The Bertz CT molecular complexity index is 2240. The largest absolute Gasteiger partial charge is 0.493 e. The Kier molecular flexibility index (Phi) is 15.9. The lowest BCUT2D eigenvalue weighted by Crippen LogP contribution is -2.62. The van der Waals surface area contributed by atoms with E-state index in [0.29, 0.717) is 35.7 Å². The number of carbonyl (C=O) groups is 4. The van der Waals surface area contributed by atoms with Gasteiger partial charge in [-0.15, -0.1) is 5.10 Å². The normalized spacial score (nSPS) is 14.6. The van der Waals surface area contributed by atoms with E-state index in [1.807, 2.05) is 20.8 Å². The van der Waals surface area contributed by atoms with Crippen molar-refractivity contribution in [1.82, 2.24) is 40.0 Å². The fraction of sp³-hybridized carbons (Fsp3) is 0.574. The van der Waals surface area contributed by atoms with E-state index < -0.39 is 41.1 Å². The predicted octanol–water partition coefficient (Wildman–Crippen LogP) is 6.32. The third kappa shape index (κ3) is 12.1. The SMILES string of the molecule is CC[C@H](C)[C@H](NC(=O)OC(C)(C)C)C(=O)N(Cc1ccc(OC)c(OC)c1)C(C)(C)C(=O)N[C@H](C)Cn1cc(COC(=O)CCn2c3c(c4cc(C)ccc42)CN(CC)CC3)nn1. The molecule has 5 rings (SSSR count). The maximum absolute atomic E-state index is 14.7. The Hall–Kier alpha value is -5.64. The number of likely N-dealkylation sites (N-methyl/N-ethyl adjacent to an activating group) is 1. The molecule has 0 bridgehead atoms. The molecule has 2 aromatic heterocycles. The number of hydrogen-bond donors (Lipinski definition) is 2. The molecule has 344 valence electrons. The lowest BCUT2D eigenvalue weighted by Gasteiger charge is -2.41. The second-order valence-electron chi connectivity index (χ2n) is 18.1. The van der Waals surface area contributed by atoms with Gasteiger partial charge in [-0.05, 0) is 96.3 Å². The van der Waals surface area contributed by atoms with E-state index >= 15 is 0 Å². The predicted molar refractivity (Wildman–Crippen MR) is 240 cm³/mol. The summed E-state index contributed by atoms with van der Waals surface area (Å²) >= 11 is 0. The van der Waals surface area contributed by atoms with Crippen LogP contribution in [0.4, 0.5) is 4.79 Å².